The summed E-state index contributed by atoms with van der Waals surface area (Å²) < 4.78 is 2.20. The molecule has 1 N–H and O–H groups in total. The van der Waals surface area contributed by atoms with E-state index in [1.807, 2.05) is 12.4 Å². The zero-order valence-corrected chi connectivity index (χ0v) is 11.3. The van der Waals surface area contributed by atoms with E-state index in [-0.39, 0.29) is 0 Å². The number of hydrogen-bond acceptors (Lipinski definition) is 4. The van der Waals surface area contributed by atoms with Gasteiger partial charge < -0.3 is 4.57 Å². The molecule has 1 saturated heterocycles. The van der Waals surface area contributed by atoms with Gasteiger partial charge in [-0.2, -0.15) is 5.10 Å². The molecule has 1 aliphatic heterocycles. The van der Waals surface area contributed by atoms with Gasteiger partial charge in [-0.3, -0.25) is 10.00 Å². The number of nitrogens with zero attached hydrogens (tertiary/aromatic N) is 5. The molecule has 0 bridgehead atoms. The van der Waals surface area contributed by atoms with Crippen LogP contribution in [-0.4, -0.2) is 36.2 Å². The van der Waals surface area contributed by atoms with Gasteiger partial charge in [0.2, 0.25) is 0 Å². The molecule has 0 aromatic carbocycles. The highest BCUT2D eigenvalue weighted by Crippen LogP contribution is 2.29. The molecule has 102 valence electrons. The fourth-order valence-corrected chi connectivity index (χ4v) is 2.83. The Morgan fingerprint density at radius 2 is 2.32 bits per heavy atom. The zero-order valence-electron chi connectivity index (χ0n) is 11.3. The summed E-state index contributed by atoms with van der Waals surface area (Å²) >= 11 is 0. The first-order valence-electron chi connectivity index (χ1n) is 6.98. The van der Waals surface area contributed by atoms with Gasteiger partial charge in [0.15, 0.2) is 0 Å². The summed E-state index contributed by atoms with van der Waals surface area (Å²) in [5.74, 6) is 2.11. The molecule has 2 aromatic heterocycles. The lowest BCUT2D eigenvalue weighted by Gasteiger charge is -2.33. The van der Waals surface area contributed by atoms with Gasteiger partial charge in [-0.05, 0) is 26.3 Å². The van der Waals surface area contributed by atoms with Crippen LogP contribution in [0.15, 0.2) is 18.7 Å². The molecule has 3 rings (SSSR count). The maximum atomic E-state index is 4.47. The number of piperidine rings is 1. The van der Waals surface area contributed by atoms with Crippen LogP contribution in [0, 0.1) is 0 Å². The predicted octanol–water partition coefficient (Wildman–Crippen LogP) is 1.75. The fraction of sp³-hybridized carbons (Fsp3) is 0.615. The highest BCUT2D eigenvalue weighted by molar-refractivity contribution is 4.98. The second-order valence-corrected chi connectivity index (χ2v) is 4.98. The van der Waals surface area contributed by atoms with E-state index in [9.17, 15) is 0 Å². The fourth-order valence-electron chi connectivity index (χ4n) is 2.83. The van der Waals surface area contributed by atoms with Crippen LogP contribution in [0.1, 0.15) is 43.9 Å². The maximum absolute atomic E-state index is 4.47. The molecule has 6 nitrogen and oxygen atoms in total. The van der Waals surface area contributed by atoms with Gasteiger partial charge >= 0.3 is 0 Å². The van der Waals surface area contributed by atoms with Gasteiger partial charge in [0.1, 0.15) is 18.0 Å². The number of aryl methyl sites for hydroxylation is 1. The average Bonchev–Trinajstić information content (AvgIpc) is 3.10. The second-order valence-electron chi connectivity index (χ2n) is 4.98. The minimum Gasteiger partial charge on any atom is -0.334 e. The molecule has 6 heteroatoms. The Kier molecular flexibility index (Phi) is 3.59. The van der Waals surface area contributed by atoms with Crippen molar-refractivity contribution in [1.29, 1.82) is 0 Å². The first-order chi connectivity index (χ1) is 9.38. The van der Waals surface area contributed by atoms with E-state index in [2.05, 4.69) is 36.6 Å². The average molecular weight is 260 g/mol. The third-order valence-corrected chi connectivity index (χ3v) is 3.85. The molecule has 1 unspecified atom stereocenters. The van der Waals surface area contributed by atoms with Gasteiger partial charge in [-0.1, -0.05) is 6.42 Å². The lowest BCUT2D eigenvalue weighted by Crippen LogP contribution is -2.34. The van der Waals surface area contributed by atoms with Gasteiger partial charge in [-0.15, -0.1) is 0 Å². The Morgan fingerprint density at radius 1 is 1.37 bits per heavy atom. The summed E-state index contributed by atoms with van der Waals surface area (Å²) in [6, 6.07) is 0.346. The predicted molar refractivity (Wildman–Crippen MR) is 71.3 cm³/mol. The number of rotatable bonds is 4. The highest BCUT2D eigenvalue weighted by Gasteiger charge is 2.26. The van der Waals surface area contributed by atoms with Crippen LogP contribution in [0.25, 0.3) is 0 Å². The molecule has 1 aliphatic rings. The minimum absolute atomic E-state index is 0.346. The van der Waals surface area contributed by atoms with Crippen LogP contribution >= 0.6 is 0 Å². The SMILES string of the molecule is CCn1ccnc1CN1CCCCC1c1ncn[nH]1. The van der Waals surface area contributed by atoms with Crippen molar-refractivity contribution in [3.05, 3.63) is 30.4 Å². The van der Waals surface area contributed by atoms with Crippen molar-refractivity contribution in [2.24, 2.45) is 0 Å². The maximum Gasteiger partial charge on any atom is 0.141 e. The molecule has 0 radical (unpaired) electrons. The summed E-state index contributed by atoms with van der Waals surface area (Å²) in [6.07, 6.45) is 9.16. The first-order valence-corrected chi connectivity index (χ1v) is 6.98. The van der Waals surface area contributed by atoms with Crippen LogP contribution in [-0.2, 0) is 13.1 Å². The Hall–Kier alpha value is -1.69. The van der Waals surface area contributed by atoms with Crippen molar-refractivity contribution in [3.63, 3.8) is 0 Å². The van der Waals surface area contributed by atoms with Gasteiger partial charge in [0, 0.05) is 18.9 Å². The van der Waals surface area contributed by atoms with Gasteiger partial charge in [0.05, 0.1) is 12.6 Å². The van der Waals surface area contributed by atoms with E-state index in [1.165, 1.54) is 12.8 Å². The summed E-state index contributed by atoms with van der Waals surface area (Å²) in [4.78, 5) is 11.3. The van der Waals surface area contributed by atoms with Gasteiger partial charge in [-0.25, -0.2) is 9.97 Å². The van der Waals surface area contributed by atoms with Crippen molar-refractivity contribution < 1.29 is 0 Å². The summed E-state index contributed by atoms with van der Waals surface area (Å²) in [7, 11) is 0. The number of H-pyrrole nitrogens is 1. The molecule has 0 saturated carbocycles. The standard InChI is InChI=1S/C13H20N6/c1-2-18-8-6-14-12(18)9-19-7-4-3-5-11(19)13-15-10-16-17-13/h6,8,10-11H,2-5,7,9H2,1H3,(H,15,16,17). The van der Waals surface area contributed by atoms with Crippen molar-refractivity contribution in [2.45, 2.75) is 45.3 Å². The van der Waals surface area contributed by atoms with Crippen LogP contribution < -0.4 is 0 Å². The lowest BCUT2D eigenvalue weighted by atomic mass is 10.0. The normalized spacial score (nSPS) is 20.8. The number of aromatic nitrogens is 5. The van der Waals surface area contributed by atoms with E-state index < -0.39 is 0 Å². The highest BCUT2D eigenvalue weighted by atomic mass is 15.3. The number of likely N-dealkylation sites (tertiary alicyclic amines) is 1. The lowest BCUT2D eigenvalue weighted by molar-refractivity contribution is 0.129. The molecule has 1 fully saturated rings. The summed E-state index contributed by atoms with van der Waals surface area (Å²) in [6.45, 7) is 5.10. The Balaban J connectivity index is 1.77. The van der Waals surface area contributed by atoms with E-state index in [0.717, 1.165) is 37.7 Å². The quantitative estimate of drug-likeness (QED) is 0.909. The van der Waals surface area contributed by atoms with Crippen LogP contribution in [0.4, 0.5) is 0 Å². The van der Waals surface area contributed by atoms with Crippen molar-refractivity contribution in [1.82, 2.24) is 29.6 Å². The Labute approximate surface area is 112 Å². The van der Waals surface area contributed by atoms with Crippen LogP contribution in [0.3, 0.4) is 0 Å². The number of imidazole rings is 1. The van der Waals surface area contributed by atoms with Crippen LogP contribution in [0.5, 0.6) is 0 Å². The molecule has 0 aliphatic carbocycles. The van der Waals surface area contributed by atoms with E-state index in [0.29, 0.717) is 6.04 Å². The summed E-state index contributed by atoms with van der Waals surface area (Å²) in [5.41, 5.74) is 0. The van der Waals surface area contributed by atoms with E-state index in [1.54, 1.807) is 6.33 Å². The first kappa shape index (κ1) is 12.3. The largest absolute Gasteiger partial charge is 0.334 e. The Morgan fingerprint density at radius 3 is 3.11 bits per heavy atom. The molecule has 2 aromatic rings. The number of aromatic amines is 1. The molecule has 1 atom stereocenters. The molecular formula is C13H20N6. The number of hydrogen-bond donors (Lipinski definition) is 1. The third kappa shape index (κ3) is 2.53. The number of nitrogens with one attached hydrogen (secondary N) is 1. The van der Waals surface area contributed by atoms with E-state index >= 15 is 0 Å². The van der Waals surface area contributed by atoms with Crippen molar-refractivity contribution >= 4 is 0 Å². The summed E-state index contributed by atoms with van der Waals surface area (Å²) in [5, 5.41) is 6.99. The molecule has 0 amide bonds. The smallest absolute Gasteiger partial charge is 0.141 e. The zero-order chi connectivity index (χ0) is 13.1. The van der Waals surface area contributed by atoms with Crippen molar-refractivity contribution in [2.75, 3.05) is 6.54 Å². The van der Waals surface area contributed by atoms with Crippen molar-refractivity contribution in [3.8, 4) is 0 Å². The monoisotopic (exact) mass is 260 g/mol. The third-order valence-electron chi connectivity index (χ3n) is 3.85. The molecule has 0 spiro atoms. The minimum atomic E-state index is 0.346. The van der Waals surface area contributed by atoms with Gasteiger partial charge in [0.25, 0.3) is 0 Å². The van der Waals surface area contributed by atoms with E-state index in [4.69, 9.17) is 0 Å². The molecule has 19 heavy (non-hydrogen) atoms. The molecular weight excluding hydrogens is 240 g/mol. The topological polar surface area (TPSA) is 62.6 Å². The van der Waals surface area contributed by atoms with Crippen LogP contribution in [0.2, 0.25) is 0 Å². The second kappa shape index (κ2) is 5.52. The molecule has 3 heterocycles. The Bertz CT molecular complexity index is 503.